The standard InChI is InChI=1S/C9H20N2O2S2/c1-2-15(12,13)11-7-5-10(6-8-11)4-3-9-14/h14H,2-9H2,1H3. The van der Waals surface area contributed by atoms with Crippen LogP contribution < -0.4 is 0 Å². The lowest BCUT2D eigenvalue weighted by atomic mass is 10.3. The third kappa shape index (κ3) is 3.94. The molecule has 0 saturated carbocycles. The Morgan fingerprint density at radius 2 is 1.80 bits per heavy atom. The van der Waals surface area contributed by atoms with Gasteiger partial charge in [0.1, 0.15) is 0 Å². The molecule has 4 nitrogen and oxygen atoms in total. The van der Waals surface area contributed by atoms with Crippen LogP contribution in [0.15, 0.2) is 0 Å². The summed E-state index contributed by atoms with van der Waals surface area (Å²) in [6.45, 7) is 5.72. The summed E-state index contributed by atoms with van der Waals surface area (Å²) in [5.41, 5.74) is 0. The van der Waals surface area contributed by atoms with Crippen LogP contribution in [0.1, 0.15) is 13.3 Å². The van der Waals surface area contributed by atoms with Gasteiger partial charge in [-0.2, -0.15) is 16.9 Å². The average Bonchev–Trinajstić information content (AvgIpc) is 2.27. The Hall–Kier alpha value is 0.220. The summed E-state index contributed by atoms with van der Waals surface area (Å²) in [6.07, 6.45) is 1.07. The molecule has 0 atom stereocenters. The number of nitrogens with zero attached hydrogens (tertiary/aromatic N) is 2. The molecular weight excluding hydrogens is 232 g/mol. The van der Waals surface area contributed by atoms with Gasteiger partial charge in [0, 0.05) is 26.2 Å². The first kappa shape index (κ1) is 13.3. The van der Waals surface area contributed by atoms with Crippen molar-refractivity contribution in [1.29, 1.82) is 0 Å². The number of piperazine rings is 1. The molecule has 1 fully saturated rings. The molecule has 6 heteroatoms. The molecular formula is C9H20N2O2S2. The summed E-state index contributed by atoms with van der Waals surface area (Å²) in [7, 11) is -2.97. The zero-order valence-electron chi connectivity index (χ0n) is 9.22. The third-order valence-electron chi connectivity index (χ3n) is 2.72. The van der Waals surface area contributed by atoms with Crippen LogP contribution in [0.4, 0.5) is 0 Å². The van der Waals surface area contributed by atoms with Crippen LogP contribution >= 0.6 is 12.6 Å². The van der Waals surface area contributed by atoms with Gasteiger partial charge in [0.25, 0.3) is 0 Å². The van der Waals surface area contributed by atoms with Crippen molar-refractivity contribution in [2.45, 2.75) is 13.3 Å². The smallest absolute Gasteiger partial charge is 0.213 e. The molecule has 0 N–H and O–H groups in total. The van der Waals surface area contributed by atoms with Crippen LogP contribution in [-0.4, -0.2) is 61.9 Å². The maximum atomic E-state index is 11.6. The van der Waals surface area contributed by atoms with Gasteiger partial charge >= 0.3 is 0 Å². The van der Waals surface area contributed by atoms with Gasteiger partial charge in [-0.3, -0.25) is 0 Å². The first-order valence-corrected chi connectivity index (χ1v) is 7.65. The van der Waals surface area contributed by atoms with Crippen molar-refractivity contribution in [3.8, 4) is 0 Å². The van der Waals surface area contributed by atoms with Crippen molar-refractivity contribution >= 4 is 22.7 Å². The monoisotopic (exact) mass is 252 g/mol. The SMILES string of the molecule is CCS(=O)(=O)N1CCN(CCCS)CC1. The van der Waals surface area contributed by atoms with Gasteiger partial charge in [0.05, 0.1) is 5.75 Å². The Kier molecular flexibility index (Phi) is 5.38. The lowest BCUT2D eigenvalue weighted by molar-refractivity contribution is 0.189. The van der Waals surface area contributed by atoms with E-state index in [2.05, 4.69) is 17.5 Å². The van der Waals surface area contributed by atoms with Gasteiger partial charge in [-0.05, 0) is 25.6 Å². The molecule has 0 amide bonds. The summed E-state index contributed by atoms with van der Waals surface area (Å²) in [4.78, 5) is 2.30. The Morgan fingerprint density at radius 3 is 2.27 bits per heavy atom. The van der Waals surface area contributed by atoms with Gasteiger partial charge in [-0.1, -0.05) is 0 Å². The highest BCUT2D eigenvalue weighted by atomic mass is 32.2. The van der Waals surface area contributed by atoms with Crippen LogP contribution in [0.2, 0.25) is 0 Å². The van der Waals surface area contributed by atoms with E-state index in [9.17, 15) is 8.42 Å². The van der Waals surface area contributed by atoms with E-state index in [4.69, 9.17) is 0 Å². The fraction of sp³-hybridized carbons (Fsp3) is 1.00. The molecule has 1 aliphatic heterocycles. The van der Waals surface area contributed by atoms with Gasteiger partial charge < -0.3 is 4.90 Å². The fourth-order valence-corrected chi connectivity index (χ4v) is 2.93. The largest absolute Gasteiger partial charge is 0.301 e. The lowest BCUT2D eigenvalue weighted by Crippen LogP contribution is -2.49. The van der Waals surface area contributed by atoms with Gasteiger partial charge in [-0.15, -0.1) is 0 Å². The molecule has 0 bridgehead atoms. The topological polar surface area (TPSA) is 40.6 Å². The van der Waals surface area contributed by atoms with Crippen LogP contribution in [-0.2, 0) is 10.0 Å². The summed E-state index contributed by atoms with van der Waals surface area (Å²) in [6, 6.07) is 0. The minimum Gasteiger partial charge on any atom is -0.301 e. The summed E-state index contributed by atoms with van der Waals surface area (Å²) in [5.74, 6) is 1.11. The number of rotatable bonds is 5. The maximum Gasteiger partial charge on any atom is 0.213 e. The van der Waals surface area contributed by atoms with E-state index >= 15 is 0 Å². The van der Waals surface area contributed by atoms with Crippen molar-refractivity contribution in [3.63, 3.8) is 0 Å². The number of sulfonamides is 1. The third-order valence-corrected chi connectivity index (χ3v) is 4.92. The van der Waals surface area contributed by atoms with E-state index in [-0.39, 0.29) is 5.75 Å². The molecule has 0 aromatic carbocycles. The van der Waals surface area contributed by atoms with E-state index in [0.29, 0.717) is 13.1 Å². The molecule has 1 rings (SSSR count). The van der Waals surface area contributed by atoms with E-state index in [1.54, 1.807) is 11.2 Å². The molecule has 1 saturated heterocycles. The Bertz CT molecular complexity index is 272. The minimum absolute atomic E-state index is 0.212. The van der Waals surface area contributed by atoms with E-state index in [1.807, 2.05) is 0 Å². The van der Waals surface area contributed by atoms with Crippen LogP contribution in [0.25, 0.3) is 0 Å². The highest BCUT2D eigenvalue weighted by molar-refractivity contribution is 7.89. The second-order valence-corrected chi connectivity index (χ2v) is 6.42. The molecule has 90 valence electrons. The second-order valence-electron chi connectivity index (χ2n) is 3.72. The first-order valence-electron chi connectivity index (χ1n) is 5.41. The van der Waals surface area contributed by atoms with E-state index in [0.717, 1.165) is 31.8 Å². The quantitative estimate of drug-likeness (QED) is 0.714. The highest BCUT2D eigenvalue weighted by Crippen LogP contribution is 2.08. The van der Waals surface area contributed by atoms with E-state index in [1.165, 1.54) is 0 Å². The van der Waals surface area contributed by atoms with Crippen LogP contribution in [0, 0.1) is 0 Å². The normalized spacial score (nSPS) is 20.7. The van der Waals surface area contributed by atoms with Crippen molar-refractivity contribution in [2.75, 3.05) is 44.2 Å². The zero-order valence-corrected chi connectivity index (χ0v) is 10.9. The van der Waals surface area contributed by atoms with Gasteiger partial charge in [0.15, 0.2) is 0 Å². The van der Waals surface area contributed by atoms with Crippen molar-refractivity contribution in [1.82, 2.24) is 9.21 Å². The number of hydrogen-bond donors (Lipinski definition) is 1. The Labute approximate surface area is 98.1 Å². The average molecular weight is 252 g/mol. The van der Waals surface area contributed by atoms with Gasteiger partial charge in [-0.25, -0.2) is 8.42 Å². The molecule has 15 heavy (non-hydrogen) atoms. The summed E-state index contributed by atoms with van der Waals surface area (Å²) in [5, 5.41) is 0. The van der Waals surface area contributed by atoms with Gasteiger partial charge in [0.2, 0.25) is 10.0 Å². The van der Waals surface area contributed by atoms with Crippen molar-refractivity contribution < 1.29 is 8.42 Å². The lowest BCUT2D eigenvalue weighted by Gasteiger charge is -2.33. The molecule has 0 radical (unpaired) electrons. The Morgan fingerprint density at radius 1 is 1.20 bits per heavy atom. The predicted octanol–water partition coefficient (Wildman–Crippen LogP) is 0.274. The van der Waals surface area contributed by atoms with Crippen LogP contribution in [0.3, 0.4) is 0 Å². The summed E-state index contributed by atoms with van der Waals surface area (Å²) >= 11 is 4.17. The van der Waals surface area contributed by atoms with E-state index < -0.39 is 10.0 Å². The first-order chi connectivity index (χ1) is 7.10. The molecule has 0 unspecified atom stereocenters. The highest BCUT2D eigenvalue weighted by Gasteiger charge is 2.24. The number of hydrogen-bond acceptors (Lipinski definition) is 4. The molecule has 0 spiro atoms. The number of thiol groups is 1. The minimum atomic E-state index is -2.97. The maximum absolute atomic E-state index is 11.6. The molecule has 1 heterocycles. The predicted molar refractivity (Wildman–Crippen MR) is 65.9 cm³/mol. The van der Waals surface area contributed by atoms with Crippen LogP contribution in [0.5, 0.6) is 0 Å². The fourth-order valence-electron chi connectivity index (χ4n) is 1.71. The molecule has 0 aliphatic carbocycles. The van der Waals surface area contributed by atoms with Crippen molar-refractivity contribution in [3.05, 3.63) is 0 Å². The van der Waals surface area contributed by atoms with Crippen molar-refractivity contribution in [2.24, 2.45) is 0 Å². The molecule has 0 aromatic rings. The molecule has 1 aliphatic rings. The summed E-state index contributed by atoms with van der Waals surface area (Å²) < 4.78 is 24.7. The zero-order chi connectivity index (χ0) is 11.3. The molecule has 0 aromatic heterocycles. The second kappa shape index (κ2) is 6.08. The Balaban J connectivity index is 2.36.